The first kappa shape index (κ1) is 14.3. The first-order valence-corrected chi connectivity index (χ1v) is 6.67. The Morgan fingerprint density at radius 1 is 1.45 bits per heavy atom. The van der Waals surface area contributed by atoms with Crippen LogP contribution in [0.15, 0.2) is 18.2 Å². The number of rotatable bonds is 3. The Morgan fingerprint density at radius 2 is 2.10 bits per heavy atom. The molecule has 0 unspecified atom stereocenters. The first-order valence-electron chi connectivity index (χ1n) is 6.67. The van der Waals surface area contributed by atoms with Crippen LogP contribution in [-0.2, 0) is 0 Å². The number of ether oxygens (including phenoxy) is 1. The van der Waals surface area contributed by atoms with E-state index in [0.717, 1.165) is 31.6 Å². The van der Waals surface area contributed by atoms with Crippen molar-refractivity contribution in [1.82, 2.24) is 4.90 Å². The molecule has 6 heteroatoms. The van der Waals surface area contributed by atoms with Gasteiger partial charge in [-0.05, 0) is 25.0 Å². The number of hydrogen-bond acceptors (Lipinski definition) is 4. The second-order valence-electron chi connectivity index (χ2n) is 5.04. The van der Waals surface area contributed by atoms with E-state index in [0.29, 0.717) is 11.4 Å². The molecule has 1 aliphatic heterocycles. The predicted octanol–water partition coefficient (Wildman–Crippen LogP) is 1.86. The molecule has 1 aliphatic rings. The predicted molar refractivity (Wildman–Crippen MR) is 78.4 cm³/mol. The SMILES string of the molecule is COc1cc(N2CCC(N(C)C(=O)O)CC2)ccc1N. The quantitative estimate of drug-likeness (QED) is 0.826. The molecule has 110 valence electrons. The third-order valence-electron chi connectivity index (χ3n) is 3.90. The summed E-state index contributed by atoms with van der Waals surface area (Å²) in [7, 11) is 3.23. The lowest BCUT2D eigenvalue weighted by Crippen LogP contribution is -2.45. The standard InChI is InChI=1S/C14H21N3O3/c1-16(14(18)19)10-5-7-17(8-6-10)11-3-4-12(15)13(9-11)20-2/h3-4,9-10H,5-8,15H2,1-2H3,(H,18,19). The first-order chi connectivity index (χ1) is 9.52. The maximum absolute atomic E-state index is 11.0. The fourth-order valence-corrected chi connectivity index (χ4v) is 2.56. The van der Waals surface area contributed by atoms with E-state index in [1.807, 2.05) is 18.2 Å². The number of nitrogens with zero attached hydrogens (tertiary/aromatic N) is 2. The summed E-state index contributed by atoms with van der Waals surface area (Å²) in [6.07, 6.45) is 0.794. The molecule has 0 atom stereocenters. The van der Waals surface area contributed by atoms with Crippen LogP contribution in [0.1, 0.15) is 12.8 Å². The fourth-order valence-electron chi connectivity index (χ4n) is 2.56. The van der Waals surface area contributed by atoms with Crippen LogP contribution in [0.2, 0.25) is 0 Å². The zero-order valence-electron chi connectivity index (χ0n) is 11.9. The monoisotopic (exact) mass is 279 g/mol. The minimum atomic E-state index is -0.863. The van der Waals surface area contributed by atoms with E-state index >= 15 is 0 Å². The van der Waals surface area contributed by atoms with E-state index in [-0.39, 0.29) is 6.04 Å². The van der Waals surface area contributed by atoms with Crippen LogP contribution >= 0.6 is 0 Å². The Kier molecular flexibility index (Phi) is 4.22. The van der Waals surface area contributed by atoms with Crippen LogP contribution in [0.5, 0.6) is 5.75 Å². The zero-order valence-corrected chi connectivity index (χ0v) is 11.9. The van der Waals surface area contributed by atoms with Gasteiger partial charge >= 0.3 is 6.09 Å². The third-order valence-corrected chi connectivity index (χ3v) is 3.90. The van der Waals surface area contributed by atoms with Crippen LogP contribution in [-0.4, -0.2) is 49.4 Å². The minimum Gasteiger partial charge on any atom is -0.495 e. The van der Waals surface area contributed by atoms with E-state index < -0.39 is 6.09 Å². The van der Waals surface area contributed by atoms with Gasteiger partial charge < -0.3 is 25.4 Å². The van der Waals surface area contributed by atoms with Crippen LogP contribution in [0.25, 0.3) is 0 Å². The highest BCUT2D eigenvalue weighted by molar-refractivity contribution is 5.65. The number of nitrogens with two attached hydrogens (primary N) is 1. The Hall–Kier alpha value is -2.11. The fraction of sp³-hybridized carbons (Fsp3) is 0.500. The summed E-state index contributed by atoms with van der Waals surface area (Å²) in [5.41, 5.74) is 7.49. The zero-order chi connectivity index (χ0) is 14.7. The lowest BCUT2D eigenvalue weighted by atomic mass is 10.0. The number of amides is 1. The van der Waals surface area contributed by atoms with Crippen molar-refractivity contribution in [1.29, 1.82) is 0 Å². The molecular formula is C14H21N3O3. The van der Waals surface area contributed by atoms with Crippen molar-refractivity contribution in [2.75, 3.05) is 37.9 Å². The molecule has 0 aromatic heterocycles. The normalized spacial score (nSPS) is 16.0. The Bertz CT molecular complexity index is 485. The summed E-state index contributed by atoms with van der Waals surface area (Å²) in [4.78, 5) is 14.6. The van der Waals surface area contributed by atoms with Crippen molar-refractivity contribution in [3.63, 3.8) is 0 Å². The Labute approximate surface area is 118 Å². The molecule has 6 nitrogen and oxygen atoms in total. The average molecular weight is 279 g/mol. The van der Waals surface area contributed by atoms with E-state index in [9.17, 15) is 4.79 Å². The number of piperidine rings is 1. The molecule has 1 aromatic carbocycles. The number of benzene rings is 1. The van der Waals surface area contributed by atoms with Gasteiger partial charge in [-0.2, -0.15) is 0 Å². The van der Waals surface area contributed by atoms with Gasteiger partial charge in [-0.15, -0.1) is 0 Å². The summed E-state index contributed by atoms with van der Waals surface area (Å²) in [5.74, 6) is 0.673. The smallest absolute Gasteiger partial charge is 0.407 e. The summed E-state index contributed by atoms with van der Waals surface area (Å²) in [6, 6.07) is 5.83. The van der Waals surface area contributed by atoms with Crippen LogP contribution in [0.4, 0.5) is 16.2 Å². The van der Waals surface area contributed by atoms with Gasteiger partial charge in [0.1, 0.15) is 5.75 Å². The molecular weight excluding hydrogens is 258 g/mol. The number of carbonyl (C=O) groups is 1. The van der Waals surface area contributed by atoms with Crippen molar-refractivity contribution in [2.24, 2.45) is 0 Å². The van der Waals surface area contributed by atoms with Gasteiger partial charge in [0.05, 0.1) is 12.8 Å². The topological polar surface area (TPSA) is 79.0 Å². The second kappa shape index (κ2) is 5.90. The Morgan fingerprint density at radius 3 is 2.65 bits per heavy atom. The number of carboxylic acid groups (broad SMARTS) is 1. The van der Waals surface area contributed by atoms with Gasteiger partial charge in [0, 0.05) is 37.9 Å². The summed E-state index contributed by atoms with van der Waals surface area (Å²) >= 11 is 0. The van der Waals surface area contributed by atoms with Gasteiger partial charge in [-0.3, -0.25) is 0 Å². The second-order valence-corrected chi connectivity index (χ2v) is 5.04. The lowest BCUT2D eigenvalue weighted by Gasteiger charge is -2.36. The molecule has 1 amide bonds. The number of anilines is 2. The van der Waals surface area contributed by atoms with Crippen molar-refractivity contribution in [3.05, 3.63) is 18.2 Å². The summed E-state index contributed by atoms with van der Waals surface area (Å²) in [5, 5.41) is 9.00. The molecule has 1 aromatic rings. The van der Waals surface area contributed by atoms with Crippen molar-refractivity contribution in [3.8, 4) is 5.75 Å². The van der Waals surface area contributed by atoms with Gasteiger partial charge in [-0.25, -0.2) is 4.79 Å². The van der Waals surface area contributed by atoms with Gasteiger partial charge in [0.25, 0.3) is 0 Å². The van der Waals surface area contributed by atoms with E-state index in [4.69, 9.17) is 15.6 Å². The van der Waals surface area contributed by atoms with Crippen LogP contribution in [0, 0.1) is 0 Å². The molecule has 1 fully saturated rings. The van der Waals surface area contributed by atoms with Gasteiger partial charge in [0.15, 0.2) is 0 Å². The molecule has 0 radical (unpaired) electrons. The molecule has 0 saturated carbocycles. The molecule has 3 N–H and O–H groups in total. The molecule has 2 rings (SSSR count). The van der Waals surface area contributed by atoms with E-state index in [2.05, 4.69) is 4.90 Å². The molecule has 0 bridgehead atoms. The molecule has 1 saturated heterocycles. The third kappa shape index (κ3) is 2.89. The maximum Gasteiger partial charge on any atom is 0.407 e. The molecule has 0 aliphatic carbocycles. The van der Waals surface area contributed by atoms with Crippen LogP contribution in [0.3, 0.4) is 0 Å². The van der Waals surface area contributed by atoms with E-state index in [1.165, 1.54) is 4.90 Å². The highest BCUT2D eigenvalue weighted by Crippen LogP contribution is 2.29. The van der Waals surface area contributed by atoms with Gasteiger partial charge in [0.2, 0.25) is 0 Å². The van der Waals surface area contributed by atoms with Crippen molar-refractivity contribution < 1.29 is 14.6 Å². The summed E-state index contributed by atoms with van der Waals surface area (Å²) in [6.45, 7) is 1.66. The molecule has 1 heterocycles. The molecule has 0 spiro atoms. The highest BCUT2D eigenvalue weighted by Gasteiger charge is 2.25. The number of nitrogen functional groups attached to an aromatic ring is 1. The maximum atomic E-state index is 11.0. The van der Waals surface area contributed by atoms with Crippen molar-refractivity contribution in [2.45, 2.75) is 18.9 Å². The van der Waals surface area contributed by atoms with Gasteiger partial charge in [-0.1, -0.05) is 0 Å². The van der Waals surface area contributed by atoms with Crippen molar-refractivity contribution >= 4 is 17.5 Å². The van der Waals surface area contributed by atoms with E-state index in [1.54, 1.807) is 14.2 Å². The summed E-state index contributed by atoms with van der Waals surface area (Å²) < 4.78 is 5.23. The minimum absolute atomic E-state index is 0.0967. The largest absolute Gasteiger partial charge is 0.495 e. The highest BCUT2D eigenvalue weighted by atomic mass is 16.5. The Balaban J connectivity index is 2.02. The number of methoxy groups -OCH3 is 1. The average Bonchev–Trinajstić information content (AvgIpc) is 2.47. The van der Waals surface area contributed by atoms with Crippen LogP contribution < -0.4 is 15.4 Å². The molecule has 20 heavy (non-hydrogen) atoms. The number of hydrogen-bond donors (Lipinski definition) is 2. The lowest BCUT2D eigenvalue weighted by molar-refractivity contribution is 0.131.